The number of nitrogens with one attached hydrogen (secondary N) is 1. The summed E-state index contributed by atoms with van der Waals surface area (Å²) in [5.41, 5.74) is 0.366. The van der Waals surface area contributed by atoms with Gasteiger partial charge in [-0.25, -0.2) is 8.42 Å². The molecule has 1 aromatic rings. The van der Waals surface area contributed by atoms with Crippen LogP contribution in [0, 0.1) is 0 Å². The summed E-state index contributed by atoms with van der Waals surface area (Å²) >= 11 is 0. The van der Waals surface area contributed by atoms with E-state index >= 15 is 0 Å². The second-order valence-electron chi connectivity index (χ2n) is 5.68. The second-order valence-corrected chi connectivity index (χ2v) is 7.58. The van der Waals surface area contributed by atoms with Crippen LogP contribution >= 0.6 is 0 Å². The molecule has 0 fully saturated rings. The predicted octanol–water partition coefficient (Wildman–Crippen LogP) is 0.919. The van der Waals surface area contributed by atoms with Crippen molar-refractivity contribution in [3.63, 3.8) is 0 Å². The van der Waals surface area contributed by atoms with Crippen LogP contribution in [0.1, 0.15) is 13.3 Å². The summed E-state index contributed by atoms with van der Waals surface area (Å²) in [5, 5.41) is 2.75. The number of carbonyl (C=O) groups is 1. The van der Waals surface area contributed by atoms with Crippen LogP contribution in [0.4, 0.5) is 5.69 Å². The van der Waals surface area contributed by atoms with E-state index in [9.17, 15) is 13.2 Å². The van der Waals surface area contributed by atoms with Crippen LogP contribution in [0.15, 0.2) is 24.3 Å². The minimum absolute atomic E-state index is 0.273. The number of carbonyl (C=O) groups excluding carboxylic acids is 1. The SMILES string of the molecule is CCOc1ccccc1N(CC(=O)NCCCN(C)C)S(C)(=O)=O. The molecule has 8 heteroatoms. The number of sulfonamides is 1. The van der Waals surface area contributed by atoms with E-state index in [-0.39, 0.29) is 12.5 Å². The number of anilines is 1. The third-order valence-corrected chi connectivity index (χ3v) is 4.35. The monoisotopic (exact) mass is 357 g/mol. The van der Waals surface area contributed by atoms with E-state index < -0.39 is 10.0 Å². The molecule has 0 unspecified atom stereocenters. The fourth-order valence-electron chi connectivity index (χ4n) is 2.13. The topological polar surface area (TPSA) is 79.0 Å². The number of nitrogens with zero attached hydrogens (tertiary/aromatic N) is 2. The largest absolute Gasteiger partial charge is 0.492 e. The molecule has 0 aliphatic rings. The lowest BCUT2D eigenvalue weighted by Gasteiger charge is -2.24. The van der Waals surface area contributed by atoms with E-state index in [2.05, 4.69) is 5.32 Å². The molecule has 1 N–H and O–H groups in total. The maximum absolute atomic E-state index is 12.1. The van der Waals surface area contributed by atoms with Crippen molar-refractivity contribution in [2.75, 3.05) is 50.9 Å². The van der Waals surface area contributed by atoms with Gasteiger partial charge in [-0.05, 0) is 46.1 Å². The number of hydrogen-bond acceptors (Lipinski definition) is 5. The van der Waals surface area contributed by atoms with Gasteiger partial charge in [-0.1, -0.05) is 12.1 Å². The molecule has 24 heavy (non-hydrogen) atoms. The van der Waals surface area contributed by atoms with Crippen molar-refractivity contribution in [3.05, 3.63) is 24.3 Å². The zero-order valence-electron chi connectivity index (χ0n) is 14.8. The van der Waals surface area contributed by atoms with Crippen LogP contribution in [-0.4, -0.2) is 65.8 Å². The van der Waals surface area contributed by atoms with Crippen LogP contribution in [0.3, 0.4) is 0 Å². The summed E-state index contributed by atoms with van der Waals surface area (Å²) in [4.78, 5) is 14.1. The average Bonchev–Trinajstić information content (AvgIpc) is 2.49. The Morgan fingerprint density at radius 1 is 1.25 bits per heavy atom. The standard InChI is InChI=1S/C16H27N3O4S/c1-5-23-15-10-7-6-9-14(15)19(24(4,21)22)13-16(20)17-11-8-12-18(2)3/h6-7,9-10H,5,8,11-13H2,1-4H3,(H,17,20). The summed E-state index contributed by atoms with van der Waals surface area (Å²) in [6.07, 6.45) is 1.88. The van der Waals surface area contributed by atoms with Crippen LogP contribution in [0.2, 0.25) is 0 Å². The molecule has 1 rings (SSSR count). The van der Waals surface area contributed by atoms with Gasteiger partial charge in [0.25, 0.3) is 0 Å². The summed E-state index contributed by atoms with van der Waals surface area (Å²) < 4.78 is 30.8. The maximum atomic E-state index is 12.1. The fourth-order valence-corrected chi connectivity index (χ4v) is 2.99. The number of hydrogen-bond donors (Lipinski definition) is 1. The van der Waals surface area contributed by atoms with Gasteiger partial charge in [0, 0.05) is 6.54 Å². The molecule has 0 saturated carbocycles. The molecule has 0 aromatic heterocycles. The van der Waals surface area contributed by atoms with Crippen LogP contribution < -0.4 is 14.4 Å². The van der Waals surface area contributed by atoms with Crippen LogP contribution in [0.25, 0.3) is 0 Å². The molecule has 0 saturated heterocycles. The number of ether oxygens (including phenoxy) is 1. The van der Waals surface area contributed by atoms with Gasteiger partial charge in [-0.2, -0.15) is 0 Å². The molecule has 0 aliphatic carbocycles. The fraction of sp³-hybridized carbons (Fsp3) is 0.562. The Balaban J connectivity index is 2.83. The first kappa shape index (κ1) is 20.2. The molecule has 0 aliphatic heterocycles. The first-order valence-electron chi connectivity index (χ1n) is 7.86. The molecule has 1 amide bonds. The Labute approximate surface area is 144 Å². The third kappa shape index (κ3) is 6.76. The van der Waals surface area contributed by atoms with E-state index in [0.717, 1.165) is 23.5 Å². The quantitative estimate of drug-likeness (QED) is 0.630. The van der Waals surface area contributed by atoms with Gasteiger partial charge in [-0.3, -0.25) is 9.10 Å². The zero-order chi connectivity index (χ0) is 18.2. The lowest BCUT2D eigenvalue weighted by Crippen LogP contribution is -2.41. The Kier molecular flexibility index (Phi) is 8.00. The van der Waals surface area contributed by atoms with Gasteiger partial charge in [0.1, 0.15) is 12.3 Å². The lowest BCUT2D eigenvalue weighted by atomic mass is 10.3. The number of rotatable bonds is 10. The lowest BCUT2D eigenvalue weighted by molar-refractivity contribution is -0.119. The normalized spacial score (nSPS) is 11.4. The molecule has 7 nitrogen and oxygen atoms in total. The molecule has 0 radical (unpaired) electrons. The Morgan fingerprint density at radius 2 is 1.92 bits per heavy atom. The molecule has 136 valence electrons. The van der Waals surface area contributed by atoms with Gasteiger partial charge >= 0.3 is 0 Å². The van der Waals surface area contributed by atoms with Crippen molar-refractivity contribution >= 4 is 21.6 Å². The highest BCUT2D eigenvalue weighted by Gasteiger charge is 2.23. The van der Waals surface area contributed by atoms with Crippen molar-refractivity contribution in [1.29, 1.82) is 0 Å². The van der Waals surface area contributed by atoms with Gasteiger partial charge in [0.15, 0.2) is 0 Å². The van der Waals surface area contributed by atoms with Gasteiger partial charge in [0.05, 0.1) is 18.6 Å². The van der Waals surface area contributed by atoms with Crippen molar-refractivity contribution in [2.24, 2.45) is 0 Å². The van der Waals surface area contributed by atoms with E-state index in [1.165, 1.54) is 0 Å². The first-order chi connectivity index (χ1) is 11.3. The van der Waals surface area contributed by atoms with Crippen LogP contribution in [0.5, 0.6) is 5.75 Å². The summed E-state index contributed by atoms with van der Waals surface area (Å²) in [6.45, 7) is 3.31. The summed E-state index contributed by atoms with van der Waals surface area (Å²) in [6, 6.07) is 6.79. The van der Waals surface area contributed by atoms with Crippen LogP contribution in [-0.2, 0) is 14.8 Å². The molecule has 1 aromatic carbocycles. The Hall–Kier alpha value is -1.80. The minimum atomic E-state index is -3.61. The summed E-state index contributed by atoms with van der Waals surface area (Å²) in [5.74, 6) is 0.0938. The van der Waals surface area contributed by atoms with E-state index in [1.807, 2.05) is 25.9 Å². The third-order valence-electron chi connectivity index (χ3n) is 3.23. The molecular weight excluding hydrogens is 330 g/mol. The number of para-hydroxylation sites is 2. The summed E-state index contributed by atoms with van der Waals surface area (Å²) in [7, 11) is 0.299. The Bertz CT molecular complexity index is 632. The second kappa shape index (κ2) is 9.48. The average molecular weight is 357 g/mol. The van der Waals surface area contributed by atoms with Crippen molar-refractivity contribution in [3.8, 4) is 5.75 Å². The van der Waals surface area contributed by atoms with E-state index in [1.54, 1.807) is 24.3 Å². The number of benzene rings is 1. The smallest absolute Gasteiger partial charge is 0.240 e. The Morgan fingerprint density at radius 3 is 2.50 bits per heavy atom. The van der Waals surface area contributed by atoms with Crippen molar-refractivity contribution < 1.29 is 17.9 Å². The molecule has 0 bridgehead atoms. The van der Waals surface area contributed by atoms with E-state index in [4.69, 9.17) is 4.74 Å². The molecule has 0 spiro atoms. The molecule has 0 atom stereocenters. The maximum Gasteiger partial charge on any atom is 0.240 e. The van der Waals surface area contributed by atoms with Gasteiger partial charge in [0.2, 0.25) is 15.9 Å². The highest BCUT2D eigenvalue weighted by atomic mass is 32.2. The minimum Gasteiger partial charge on any atom is -0.492 e. The molecule has 0 heterocycles. The zero-order valence-corrected chi connectivity index (χ0v) is 15.6. The highest BCUT2D eigenvalue weighted by Crippen LogP contribution is 2.29. The van der Waals surface area contributed by atoms with E-state index in [0.29, 0.717) is 24.6 Å². The van der Waals surface area contributed by atoms with Gasteiger partial charge in [-0.15, -0.1) is 0 Å². The molecular formula is C16H27N3O4S. The van der Waals surface area contributed by atoms with Gasteiger partial charge < -0.3 is 15.0 Å². The highest BCUT2D eigenvalue weighted by molar-refractivity contribution is 7.92. The van der Waals surface area contributed by atoms with Crippen molar-refractivity contribution in [2.45, 2.75) is 13.3 Å². The van der Waals surface area contributed by atoms with Crippen molar-refractivity contribution in [1.82, 2.24) is 10.2 Å². The predicted molar refractivity (Wildman–Crippen MR) is 96.0 cm³/mol. The first-order valence-corrected chi connectivity index (χ1v) is 9.71. The number of amides is 1.